The topological polar surface area (TPSA) is 47.3 Å². The van der Waals surface area contributed by atoms with Crippen molar-refractivity contribution in [1.29, 1.82) is 5.26 Å². The maximum atomic E-state index is 12.3. The Hall–Kier alpha value is -1.08. The van der Waals surface area contributed by atoms with Crippen molar-refractivity contribution in [3.05, 3.63) is 0 Å². The predicted octanol–water partition coefficient (Wildman–Crippen LogP) is 1.87. The van der Waals surface area contributed by atoms with Gasteiger partial charge in [0.2, 0.25) is 5.91 Å². The molecule has 1 saturated heterocycles. The molecule has 18 heavy (non-hydrogen) atoms. The molecule has 2 unspecified atom stereocenters. The van der Waals surface area contributed by atoms with Crippen LogP contribution in [0.4, 0.5) is 0 Å². The molecule has 0 aromatic carbocycles. The van der Waals surface area contributed by atoms with Crippen LogP contribution in [0.1, 0.15) is 40.0 Å². The Labute approximate surface area is 111 Å². The van der Waals surface area contributed by atoms with E-state index in [1.54, 1.807) is 11.8 Å². The summed E-state index contributed by atoms with van der Waals surface area (Å²) in [6, 6.07) is 2.62. The lowest BCUT2D eigenvalue weighted by molar-refractivity contribution is -0.137. The lowest BCUT2D eigenvalue weighted by Crippen LogP contribution is -2.45. The quantitative estimate of drug-likeness (QED) is 0.749. The van der Waals surface area contributed by atoms with Gasteiger partial charge in [-0.3, -0.25) is 9.69 Å². The van der Waals surface area contributed by atoms with Crippen molar-refractivity contribution in [2.24, 2.45) is 5.41 Å². The van der Waals surface area contributed by atoms with E-state index in [1.165, 1.54) is 6.42 Å². The van der Waals surface area contributed by atoms with Crippen LogP contribution in [0.25, 0.3) is 0 Å². The molecule has 1 amide bonds. The lowest BCUT2D eigenvalue weighted by atomic mass is 9.88. The third-order valence-corrected chi connectivity index (χ3v) is 4.16. The molecule has 1 fully saturated rings. The van der Waals surface area contributed by atoms with E-state index in [1.807, 2.05) is 14.0 Å². The van der Waals surface area contributed by atoms with E-state index < -0.39 is 5.41 Å². The Balaban J connectivity index is 2.63. The maximum absolute atomic E-state index is 12.3. The van der Waals surface area contributed by atoms with Crippen LogP contribution >= 0.6 is 0 Å². The Morgan fingerprint density at radius 1 is 1.56 bits per heavy atom. The van der Waals surface area contributed by atoms with Crippen LogP contribution in [0.15, 0.2) is 0 Å². The summed E-state index contributed by atoms with van der Waals surface area (Å²) in [6.45, 7) is 8.69. The second-order valence-electron chi connectivity index (χ2n) is 5.41. The average molecular weight is 251 g/mol. The predicted molar refractivity (Wildman–Crippen MR) is 71.9 cm³/mol. The van der Waals surface area contributed by atoms with E-state index in [9.17, 15) is 4.79 Å². The second kappa shape index (κ2) is 6.19. The Morgan fingerprint density at radius 3 is 2.72 bits per heavy atom. The summed E-state index contributed by atoms with van der Waals surface area (Å²) in [4.78, 5) is 16.5. The van der Waals surface area contributed by atoms with Gasteiger partial charge in [-0.05, 0) is 39.3 Å². The molecule has 4 heteroatoms. The number of amides is 1. The zero-order valence-corrected chi connectivity index (χ0v) is 12.1. The van der Waals surface area contributed by atoms with Crippen LogP contribution in [-0.4, -0.2) is 48.4 Å². The van der Waals surface area contributed by atoms with Gasteiger partial charge in [0.1, 0.15) is 5.41 Å². The third-order valence-electron chi connectivity index (χ3n) is 4.16. The van der Waals surface area contributed by atoms with Gasteiger partial charge >= 0.3 is 0 Å². The molecule has 1 aliphatic heterocycles. The molecule has 0 bridgehead atoms. The van der Waals surface area contributed by atoms with Crippen LogP contribution in [-0.2, 0) is 4.79 Å². The van der Waals surface area contributed by atoms with Gasteiger partial charge in [0, 0.05) is 19.6 Å². The van der Waals surface area contributed by atoms with Gasteiger partial charge in [-0.15, -0.1) is 0 Å². The smallest absolute Gasteiger partial charge is 0.242 e. The van der Waals surface area contributed by atoms with Crippen LogP contribution in [0.3, 0.4) is 0 Å². The zero-order valence-electron chi connectivity index (χ0n) is 12.1. The van der Waals surface area contributed by atoms with Gasteiger partial charge in [0.05, 0.1) is 6.07 Å². The summed E-state index contributed by atoms with van der Waals surface area (Å²) in [5.74, 6) is -0.0459. The van der Waals surface area contributed by atoms with Gasteiger partial charge in [0.25, 0.3) is 0 Å². The van der Waals surface area contributed by atoms with Gasteiger partial charge in [-0.1, -0.05) is 13.8 Å². The van der Waals surface area contributed by atoms with Crippen molar-refractivity contribution in [2.45, 2.75) is 46.1 Å². The highest BCUT2D eigenvalue weighted by molar-refractivity contribution is 5.84. The SMILES string of the molecule is CCN1CCCC1CN(C)C(=O)C(C)(C#N)CC. The molecule has 0 spiro atoms. The van der Waals surface area contributed by atoms with Crippen LogP contribution in [0.5, 0.6) is 0 Å². The van der Waals surface area contributed by atoms with E-state index in [-0.39, 0.29) is 5.91 Å². The van der Waals surface area contributed by atoms with Crippen molar-refractivity contribution in [1.82, 2.24) is 9.80 Å². The molecule has 2 atom stereocenters. The van der Waals surface area contributed by atoms with Crippen molar-refractivity contribution in [3.8, 4) is 6.07 Å². The largest absolute Gasteiger partial charge is 0.343 e. The van der Waals surface area contributed by atoms with E-state index in [0.29, 0.717) is 12.5 Å². The van der Waals surface area contributed by atoms with E-state index in [0.717, 1.165) is 26.1 Å². The van der Waals surface area contributed by atoms with Crippen molar-refractivity contribution >= 4 is 5.91 Å². The van der Waals surface area contributed by atoms with Crippen LogP contribution in [0, 0.1) is 16.7 Å². The minimum Gasteiger partial charge on any atom is -0.343 e. The fourth-order valence-corrected chi connectivity index (χ4v) is 2.62. The lowest BCUT2D eigenvalue weighted by Gasteiger charge is -2.31. The van der Waals surface area contributed by atoms with Crippen LogP contribution < -0.4 is 0 Å². The first-order chi connectivity index (χ1) is 8.48. The van der Waals surface area contributed by atoms with Crippen molar-refractivity contribution in [2.75, 3.05) is 26.7 Å². The molecule has 1 aliphatic rings. The number of carbonyl (C=O) groups excluding carboxylic acids is 1. The van der Waals surface area contributed by atoms with Gasteiger partial charge in [-0.25, -0.2) is 0 Å². The highest BCUT2D eigenvalue weighted by Crippen LogP contribution is 2.24. The Kier molecular flexibility index (Phi) is 5.15. The standard InChI is InChI=1S/C14H25N3O/c1-5-14(3,11-15)13(18)16(4)10-12-8-7-9-17(12)6-2/h12H,5-10H2,1-4H3. The molecule has 1 heterocycles. The third kappa shape index (κ3) is 3.02. The molecule has 0 saturated carbocycles. The fraction of sp³-hybridized carbons (Fsp3) is 0.857. The minimum absolute atomic E-state index is 0.0459. The molecule has 0 aromatic rings. The van der Waals surface area contributed by atoms with Gasteiger partial charge < -0.3 is 4.90 Å². The molecule has 0 radical (unpaired) electrons. The highest BCUT2D eigenvalue weighted by atomic mass is 16.2. The number of hydrogen-bond donors (Lipinski definition) is 0. The fourth-order valence-electron chi connectivity index (χ4n) is 2.62. The highest BCUT2D eigenvalue weighted by Gasteiger charge is 2.35. The first kappa shape index (κ1) is 15.0. The number of carbonyl (C=O) groups is 1. The summed E-state index contributed by atoms with van der Waals surface area (Å²) in [5, 5.41) is 9.16. The zero-order chi connectivity index (χ0) is 13.8. The maximum Gasteiger partial charge on any atom is 0.242 e. The van der Waals surface area contributed by atoms with E-state index in [4.69, 9.17) is 5.26 Å². The first-order valence-electron chi connectivity index (χ1n) is 6.89. The van der Waals surface area contributed by atoms with Gasteiger partial charge in [-0.2, -0.15) is 5.26 Å². The Bertz CT molecular complexity index is 336. The van der Waals surface area contributed by atoms with Gasteiger partial charge in [0.15, 0.2) is 0 Å². The minimum atomic E-state index is -0.871. The molecule has 4 nitrogen and oxygen atoms in total. The number of likely N-dealkylation sites (tertiary alicyclic amines) is 1. The summed E-state index contributed by atoms with van der Waals surface area (Å²) in [5.41, 5.74) is -0.871. The molecule has 0 N–H and O–H groups in total. The average Bonchev–Trinajstić information content (AvgIpc) is 2.83. The summed E-state index contributed by atoms with van der Waals surface area (Å²) in [6.07, 6.45) is 2.93. The normalized spacial score (nSPS) is 23.4. The molecule has 1 rings (SSSR count). The van der Waals surface area contributed by atoms with Crippen LogP contribution in [0.2, 0.25) is 0 Å². The van der Waals surface area contributed by atoms with Crippen molar-refractivity contribution < 1.29 is 4.79 Å². The summed E-state index contributed by atoms with van der Waals surface area (Å²) < 4.78 is 0. The molecule has 0 aromatic heterocycles. The molecular formula is C14H25N3O. The summed E-state index contributed by atoms with van der Waals surface area (Å²) in [7, 11) is 1.82. The molecule has 0 aliphatic carbocycles. The number of rotatable bonds is 5. The number of nitrogens with zero attached hydrogens (tertiary/aromatic N) is 3. The first-order valence-corrected chi connectivity index (χ1v) is 6.89. The number of hydrogen-bond acceptors (Lipinski definition) is 3. The monoisotopic (exact) mass is 251 g/mol. The number of likely N-dealkylation sites (N-methyl/N-ethyl adjacent to an activating group) is 2. The second-order valence-corrected chi connectivity index (χ2v) is 5.41. The number of nitriles is 1. The summed E-state index contributed by atoms with van der Waals surface area (Å²) >= 11 is 0. The molecular weight excluding hydrogens is 226 g/mol. The Morgan fingerprint density at radius 2 is 2.22 bits per heavy atom. The van der Waals surface area contributed by atoms with E-state index in [2.05, 4.69) is 17.9 Å². The van der Waals surface area contributed by atoms with Crippen molar-refractivity contribution in [3.63, 3.8) is 0 Å². The van der Waals surface area contributed by atoms with E-state index >= 15 is 0 Å². The molecule has 102 valence electrons.